The topological polar surface area (TPSA) is 72.5 Å². The quantitative estimate of drug-likeness (QED) is 0.839. The maximum atomic E-state index is 12.1. The Morgan fingerprint density at radius 3 is 2.73 bits per heavy atom. The Bertz CT molecular complexity index is 576. The summed E-state index contributed by atoms with van der Waals surface area (Å²) in [6.45, 7) is 5.18. The molecule has 3 rings (SSSR count). The summed E-state index contributed by atoms with van der Waals surface area (Å²) >= 11 is 0. The van der Waals surface area contributed by atoms with E-state index in [-0.39, 0.29) is 23.8 Å². The molecule has 7 heteroatoms. The highest BCUT2D eigenvalue weighted by Crippen LogP contribution is 2.26. The molecule has 120 valence electrons. The Hall–Kier alpha value is -1.89. The molecule has 1 aromatic heterocycles. The number of amides is 2. The summed E-state index contributed by atoms with van der Waals surface area (Å²) in [5, 5.41) is 7.04. The summed E-state index contributed by atoms with van der Waals surface area (Å²) in [5.74, 6) is -0.00548. The zero-order chi connectivity index (χ0) is 15.9. The molecule has 2 saturated heterocycles. The third kappa shape index (κ3) is 2.72. The number of likely N-dealkylation sites (tertiary alicyclic amines) is 2. The third-order valence-corrected chi connectivity index (χ3v) is 4.64. The number of hydrogen-bond donors (Lipinski definition) is 1. The van der Waals surface area contributed by atoms with Crippen LogP contribution in [0.1, 0.15) is 17.7 Å². The first kappa shape index (κ1) is 15.0. The average Bonchev–Trinajstić information content (AvgIpc) is 2.99. The van der Waals surface area contributed by atoms with E-state index in [1.54, 1.807) is 19.0 Å². The molecule has 1 N–H and O–H groups in total. The lowest BCUT2D eigenvalue weighted by atomic mass is 10.1. The lowest BCUT2D eigenvalue weighted by Gasteiger charge is -2.44. The van der Waals surface area contributed by atoms with Gasteiger partial charge in [-0.3, -0.25) is 19.6 Å². The molecule has 0 radical (unpaired) electrons. The summed E-state index contributed by atoms with van der Waals surface area (Å²) in [4.78, 5) is 29.9. The second kappa shape index (κ2) is 5.72. The van der Waals surface area contributed by atoms with Gasteiger partial charge in [0.05, 0.1) is 23.9 Å². The van der Waals surface area contributed by atoms with Crippen molar-refractivity contribution < 1.29 is 9.59 Å². The van der Waals surface area contributed by atoms with Crippen LogP contribution in [0.4, 0.5) is 0 Å². The number of hydrogen-bond acceptors (Lipinski definition) is 4. The Balaban J connectivity index is 1.51. The molecular formula is C15H23N5O2. The predicted molar refractivity (Wildman–Crippen MR) is 80.9 cm³/mol. The van der Waals surface area contributed by atoms with Gasteiger partial charge in [-0.05, 0) is 12.5 Å². The van der Waals surface area contributed by atoms with E-state index in [1.807, 2.05) is 18.0 Å². The van der Waals surface area contributed by atoms with Crippen molar-refractivity contribution in [3.05, 3.63) is 17.5 Å². The van der Waals surface area contributed by atoms with Crippen molar-refractivity contribution in [1.82, 2.24) is 24.9 Å². The number of H-pyrrole nitrogens is 1. The minimum atomic E-state index is -0.175. The molecule has 1 atom stereocenters. The molecule has 1 aromatic rings. The van der Waals surface area contributed by atoms with E-state index in [1.165, 1.54) is 0 Å². The molecule has 2 aliphatic heterocycles. The molecule has 2 amide bonds. The molecule has 7 nitrogen and oxygen atoms in total. The fraction of sp³-hybridized carbons (Fsp3) is 0.667. The fourth-order valence-electron chi connectivity index (χ4n) is 3.24. The number of aryl methyl sites for hydroxylation is 1. The lowest BCUT2D eigenvalue weighted by molar-refractivity contribution is -0.134. The van der Waals surface area contributed by atoms with Gasteiger partial charge in [0.2, 0.25) is 11.8 Å². The molecule has 0 saturated carbocycles. The van der Waals surface area contributed by atoms with Gasteiger partial charge in [-0.1, -0.05) is 0 Å². The molecule has 2 fully saturated rings. The molecule has 0 aromatic carbocycles. The standard InChI is InChI=1S/C15H23N5O2/c1-10-5-16-17-13(10)9-19-7-12(8-19)20-6-11(4-14(20)21)15(22)18(2)3/h5,11-12H,4,6-9H2,1-3H3,(H,16,17). The van der Waals surface area contributed by atoms with Crippen LogP contribution in [0.5, 0.6) is 0 Å². The van der Waals surface area contributed by atoms with Crippen LogP contribution in [0.25, 0.3) is 0 Å². The number of aromatic nitrogens is 2. The molecule has 0 bridgehead atoms. The van der Waals surface area contributed by atoms with E-state index < -0.39 is 0 Å². The van der Waals surface area contributed by atoms with Crippen molar-refractivity contribution in [2.75, 3.05) is 33.7 Å². The van der Waals surface area contributed by atoms with Gasteiger partial charge in [-0.2, -0.15) is 5.10 Å². The van der Waals surface area contributed by atoms with Crippen LogP contribution in [0.2, 0.25) is 0 Å². The summed E-state index contributed by atoms with van der Waals surface area (Å²) in [6, 6.07) is 0.246. The minimum Gasteiger partial charge on any atom is -0.349 e. The maximum Gasteiger partial charge on any atom is 0.227 e. The largest absolute Gasteiger partial charge is 0.349 e. The SMILES string of the molecule is Cc1cn[nH]c1CN1CC(N2CC(C(=O)N(C)C)CC2=O)C1. The molecule has 0 aliphatic carbocycles. The van der Waals surface area contributed by atoms with Crippen molar-refractivity contribution >= 4 is 11.8 Å². The number of nitrogens with zero attached hydrogens (tertiary/aromatic N) is 4. The van der Waals surface area contributed by atoms with E-state index in [4.69, 9.17) is 0 Å². The van der Waals surface area contributed by atoms with Crippen LogP contribution in [-0.4, -0.2) is 76.5 Å². The van der Waals surface area contributed by atoms with Crippen molar-refractivity contribution in [2.45, 2.75) is 25.9 Å². The second-order valence-corrected chi connectivity index (χ2v) is 6.56. The van der Waals surface area contributed by atoms with Gasteiger partial charge in [0.25, 0.3) is 0 Å². The highest BCUT2D eigenvalue weighted by Gasteiger charge is 2.42. The number of aromatic amines is 1. The predicted octanol–water partition coefficient (Wildman–Crippen LogP) is -0.161. The van der Waals surface area contributed by atoms with Crippen molar-refractivity contribution in [3.63, 3.8) is 0 Å². The average molecular weight is 305 g/mol. The maximum absolute atomic E-state index is 12.1. The number of nitrogens with one attached hydrogen (secondary N) is 1. The van der Waals surface area contributed by atoms with Crippen molar-refractivity contribution in [2.24, 2.45) is 5.92 Å². The third-order valence-electron chi connectivity index (χ3n) is 4.64. The first-order valence-corrected chi connectivity index (χ1v) is 7.67. The molecule has 0 spiro atoms. The Morgan fingerprint density at radius 1 is 1.41 bits per heavy atom. The first-order valence-electron chi connectivity index (χ1n) is 7.67. The van der Waals surface area contributed by atoms with Crippen LogP contribution < -0.4 is 0 Å². The highest BCUT2D eigenvalue weighted by atomic mass is 16.2. The number of carbonyl (C=O) groups is 2. The molecule has 2 aliphatic rings. The van der Waals surface area contributed by atoms with E-state index >= 15 is 0 Å². The number of rotatable bonds is 4. The minimum absolute atomic E-state index is 0.0557. The van der Waals surface area contributed by atoms with Crippen molar-refractivity contribution in [1.29, 1.82) is 0 Å². The normalized spacial score (nSPS) is 23.0. The van der Waals surface area contributed by atoms with Gasteiger partial charge in [-0.15, -0.1) is 0 Å². The van der Waals surface area contributed by atoms with Crippen LogP contribution in [-0.2, 0) is 16.1 Å². The number of carbonyl (C=O) groups excluding carboxylic acids is 2. The van der Waals surface area contributed by atoms with E-state index in [0.29, 0.717) is 13.0 Å². The van der Waals surface area contributed by atoms with E-state index in [2.05, 4.69) is 15.1 Å². The van der Waals surface area contributed by atoms with Gasteiger partial charge in [0, 0.05) is 46.7 Å². The molecule has 1 unspecified atom stereocenters. The lowest BCUT2D eigenvalue weighted by Crippen LogP contribution is -2.59. The van der Waals surface area contributed by atoms with Gasteiger partial charge in [0.1, 0.15) is 0 Å². The van der Waals surface area contributed by atoms with Crippen LogP contribution >= 0.6 is 0 Å². The fourth-order valence-corrected chi connectivity index (χ4v) is 3.24. The summed E-state index contributed by atoms with van der Waals surface area (Å²) in [5.41, 5.74) is 2.30. The molecule has 22 heavy (non-hydrogen) atoms. The first-order chi connectivity index (χ1) is 10.5. The zero-order valence-corrected chi connectivity index (χ0v) is 13.4. The Morgan fingerprint density at radius 2 is 2.14 bits per heavy atom. The van der Waals surface area contributed by atoms with Gasteiger partial charge < -0.3 is 9.80 Å². The highest BCUT2D eigenvalue weighted by molar-refractivity contribution is 5.89. The second-order valence-electron chi connectivity index (χ2n) is 6.56. The summed E-state index contributed by atoms with van der Waals surface area (Å²) < 4.78 is 0. The van der Waals surface area contributed by atoms with Gasteiger partial charge in [0.15, 0.2) is 0 Å². The van der Waals surface area contributed by atoms with Gasteiger partial charge >= 0.3 is 0 Å². The van der Waals surface area contributed by atoms with Crippen LogP contribution in [0.15, 0.2) is 6.20 Å². The zero-order valence-electron chi connectivity index (χ0n) is 13.4. The Kier molecular flexibility index (Phi) is 3.90. The van der Waals surface area contributed by atoms with Crippen molar-refractivity contribution in [3.8, 4) is 0 Å². The van der Waals surface area contributed by atoms with E-state index in [9.17, 15) is 9.59 Å². The molecule has 3 heterocycles. The smallest absolute Gasteiger partial charge is 0.227 e. The van der Waals surface area contributed by atoms with Gasteiger partial charge in [-0.25, -0.2) is 0 Å². The monoisotopic (exact) mass is 305 g/mol. The molecular weight excluding hydrogens is 282 g/mol. The van der Waals surface area contributed by atoms with E-state index in [0.717, 1.165) is 30.9 Å². The van der Waals surface area contributed by atoms with Crippen LogP contribution in [0.3, 0.4) is 0 Å². The summed E-state index contributed by atoms with van der Waals surface area (Å²) in [7, 11) is 3.49. The Labute approximate surface area is 130 Å². The van der Waals surface area contributed by atoms with Crippen LogP contribution in [0, 0.1) is 12.8 Å². The summed E-state index contributed by atoms with van der Waals surface area (Å²) in [6.07, 6.45) is 2.18.